The predicted octanol–water partition coefficient (Wildman–Crippen LogP) is 2.35. The highest BCUT2D eigenvalue weighted by molar-refractivity contribution is 7.89. The van der Waals surface area contributed by atoms with Gasteiger partial charge in [-0.2, -0.15) is 0 Å². The van der Waals surface area contributed by atoms with Crippen LogP contribution in [0.25, 0.3) is 0 Å². The van der Waals surface area contributed by atoms with Gasteiger partial charge in [-0.3, -0.25) is 4.79 Å². The Morgan fingerprint density at radius 1 is 1.21 bits per heavy atom. The number of benzene rings is 2. The number of carbonyl (C=O) groups excluding carboxylic acids is 1. The van der Waals surface area contributed by atoms with Gasteiger partial charge in [0.25, 0.3) is 5.91 Å². The van der Waals surface area contributed by atoms with E-state index in [0.29, 0.717) is 21.7 Å². The fourth-order valence-corrected chi connectivity index (χ4v) is 3.21. The van der Waals surface area contributed by atoms with E-state index < -0.39 is 15.9 Å². The van der Waals surface area contributed by atoms with Crippen molar-refractivity contribution in [2.75, 3.05) is 12.8 Å². The van der Waals surface area contributed by atoms with Crippen LogP contribution in [0.15, 0.2) is 48.5 Å². The van der Waals surface area contributed by atoms with E-state index in [9.17, 15) is 18.3 Å². The maximum absolute atomic E-state index is 12.2. The van der Waals surface area contributed by atoms with Crippen molar-refractivity contribution in [2.45, 2.75) is 11.9 Å². The number of hydrogen-bond donors (Lipinski definition) is 2. The molecule has 1 atom stereocenters. The molecule has 2 N–H and O–H groups in total. The molecule has 0 saturated carbocycles. The Balaban J connectivity index is 2.01. The van der Waals surface area contributed by atoms with Crippen LogP contribution >= 0.6 is 11.6 Å². The SMILES string of the molecule is CS(=O)(=O)Cc1cccc(C(=O)NCC(O)c2cccc(Cl)c2)c1. The Kier molecular flexibility index (Phi) is 5.99. The monoisotopic (exact) mass is 367 g/mol. The molecule has 0 aliphatic carbocycles. The highest BCUT2D eigenvalue weighted by Crippen LogP contribution is 2.17. The van der Waals surface area contributed by atoms with Gasteiger partial charge in [-0.1, -0.05) is 35.9 Å². The minimum atomic E-state index is -3.17. The number of carbonyl (C=O) groups is 1. The van der Waals surface area contributed by atoms with E-state index in [4.69, 9.17) is 11.6 Å². The van der Waals surface area contributed by atoms with Crippen molar-refractivity contribution in [3.8, 4) is 0 Å². The van der Waals surface area contributed by atoms with E-state index in [2.05, 4.69) is 5.32 Å². The zero-order valence-electron chi connectivity index (χ0n) is 13.1. The molecule has 2 aromatic rings. The predicted molar refractivity (Wildman–Crippen MR) is 93.7 cm³/mol. The molecule has 0 bridgehead atoms. The molecule has 128 valence electrons. The van der Waals surface area contributed by atoms with Gasteiger partial charge < -0.3 is 10.4 Å². The van der Waals surface area contributed by atoms with Gasteiger partial charge in [0.1, 0.15) is 0 Å². The summed E-state index contributed by atoms with van der Waals surface area (Å²) in [5, 5.41) is 13.2. The Bertz CT molecular complexity index is 836. The topological polar surface area (TPSA) is 83.5 Å². The molecule has 5 nitrogen and oxygen atoms in total. The van der Waals surface area contributed by atoms with Gasteiger partial charge in [0.15, 0.2) is 9.84 Å². The smallest absolute Gasteiger partial charge is 0.251 e. The highest BCUT2D eigenvalue weighted by Gasteiger charge is 2.12. The third-order valence-electron chi connectivity index (χ3n) is 3.31. The molecule has 24 heavy (non-hydrogen) atoms. The molecule has 7 heteroatoms. The summed E-state index contributed by atoms with van der Waals surface area (Å²) in [6, 6.07) is 13.2. The number of halogens is 1. The summed E-state index contributed by atoms with van der Waals surface area (Å²) in [7, 11) is -3.17. The molecule has 0 aromatic heterocycles. The van der Waals surface area contributed by atoms with Crippen molar-refractivity contribution >= 4 is 27.3 Å². The van der Waals surface area contributed by atoms with Gasteiger partial charge in [0.2, 0.25) is 0 Å². The summed E-state index contributed by atoms with van der Waals surface area (Å²) in [5.41, 5.74) is 1.49. The largest absolute Gasteiger partial charge is 0.387 e. The van der Waals surface area contributed by atoms with E-state index in [1.807, 2.05) is 0 Å². The second-order valence-electron chi connectivity index (χ2n) is 5.55. The Morgan fingerprint density at radius 3 is 2.58 bits per heavy atom. The number of amides is 1. The van der Waals surface area contributed by atoms with Gasteiger partial charge in [-0.15, -0.1) is 0 Å². The van der Waals surface area contributed by atoms with Crippen LogP contribution in [-0.2, 0) is 15.6 Å². The molecule has 1 amide bonds. The first-order valence-electron chi connectivity index (χ1n) is 7.23. The number of aliphatic hydroxyl groups is 1. The van der Waals surface area contributed by atoms with Crippen molar-refractivity contribution in [3.05, 3.63) is 70.2 Å². The second-order valence-corrected chi connectivity index (χ2v) is 8.13. The summed E-state index contributed by atoms with van der Waals surface area (Å²) in [6.07, 6.45) is 0.257. The van der Waals surface area contributed by atoms with Crippen LogP contribution in [0.2, 0.25) is 5.02 Å². The zero-order chi connectivity index (χ0) is 17.7. The fourth-order valence-electron chi connectivity index (χ4n) is 2.23. The Hall–Kier alpha value is -1.89. The van der Waals surface area contributed by atoms with Gasteiger partial charge in [0, 0.05) is 23.4 Å². The molecule has 1 unspecified atom stereocenters. The van der Waals surface area contributed by atoms with Crippen molar-refractivity contribution in [2.24, 2.45) is 0 Å². The van der Waals surface area contributed by atoms with Gasteiger partial charge in [-0.25, -0.2) is 8.42 Å². The van der Waals surface area contributed by atoms with Crippen LogP contribution in [0.4, 0.5) is 0 Å². The van der Waals surface area contributed by atoms with E-state index in [1.165, 1.54) is 6.07 Å². The number of nitrogens with one attached hydrogen (secondary N) is 1. The maximum atomic E-state index is 12.2. The summed E-state index contributed by atoms with van der Waals surface area (Å²) in [5.74, 6) is -0.509. The van der Waals surface area contributed by atoms with Crippen molar-refractivity contribution < 1.29 is 18.3 Å². The van der Waals surface area contributed by atoms with Crippen LogP contribution < -0.4 is 5.32 Å². The molecule has 0 saturated heterocycles. The third-order valence-corrected chi connectivity index (χ3v) is 4.40. The number of rotatable bonds is 6. The lowest BCUT2D eigenvalue weighted by atomic mass is 10.1. The zero-order valence-corrected chi connectivity index (χ0v) is 14.6. The van der Waals surface area contributed by atoms with E-state index >= 15 is 0 Å². The standard InChI is InChI=1S/C17H18ClNO4S/c1-24(22,23)11-12-4-2-6-14(8-12)17(21)19-10-16(20)13-5-3-7-15(18)9-13/h2-9,16,20H,10-11H2,1H3,(H,19,21). The quantitative estimate of drug-likeness (QED) is 0.820. The average molecular weight is 368 g/mol. The second kappa shape index (κ2) is 7.79. The molecular formula is C17H18ClNO4S. The molecule has 0 fully saturated rings. The minimum Gasteiger partial charge on any atom is -0.387 e. The maximum Gasteiger partial charge on any atom is 0.251 e. The van der Waals surface area contributed by atoms with Crippen molar-refractivity contribution in [3.63, 3.8) is 0 Å². The number of hydrogen-bond acceptors (Lipinski definition) is 4. The summed E-state index contributed by atoms with van der Waals surface area (Å²) >= 11 is 5.87. The molecule has 0 spiro atoms. The highest BCUT2D eigenvalue weighted by atomic mass is 35.5. The molecule has 2 rings (SSSR count). The van der Waals surface area contributed by atoms with E-state index in [-0.39, 0.29) is 18.2 Å². The normalized spacial score (nSPS) is 12.6. The fraction of sp³-hybridized carbons (Fsp3) is 0.235. The molecular weight excluding hydrogens is 350 g/mol. The number of sulfone groups is 1. The number of aliphatic hydroxyl groups excluding tert-OH is 1. The summed E-state index contributed by atoms with van der Waals surface area (Å²) in [4.78, 5) is 12.2. The lowest BCUT2D eigenvalue weighted by Crippen LogP contribution is -2.28. The molecule has 0 radical (unpaired) electrons. The van der Waals surface area contributed by atoms with Crippen LogP contribution in [0, 0.1) is 0 Å². The lowest BCUT2D eigenvalue weighted by molar-refractivity contribution is 0.0916. The van der Waals surface area contributed by atoms with E-state index in [1.54, 1.807) is 42.5 Å². The summed E-state index contributed by atoms with van der Waals surface area (Å²) < 4.78 is 22.7. The first-order valence-corrected chi connectivity index (χ1v) is 9.67. The summed E-state index contributed by atoms with van der Waals surface area (Å²) in [6.45, 7) is 0.0233. The minimum absolute atomic E-state index is 0.0233. The first-order chi connectivity index (χ1) is 11.2. The third kappa shape index (κ3) is 5.63. The van der Waals surface area contributed by atoms with Gasteiger partial charge in [0.05, 0.1) is 11.9 Å². The van der Waals surface area contributed by atoms with Crippen LogP contribution in [0.1, 0.15) is 27.6 Å². The average Bonchev–Trinajstić information content (AvgIpc) is 2.51. The molecule has 0 aliphatic heterocycles. The first kappa shape index (κ1) is 18.4. The van der Waals surface area contributed by atoms with Gasteiger partial charge in [-0.05, 0) is 35.4 Å². The van der Waals surface area contributed by atoms with Crippen LogP contribution in [-0.4, -0.2) is 32.2 Å². The molecule has 0 heterocycles. The van der Waals surface area contributed by atoms with Crippen LogP contribution in [0.3, 0.4) is 0 Å². The van der Waals surface area contributed by atoms with Crippen molar-refractivity contribution in [1.82, 2.24) is 5.32 Å². The molecule has 2 aromatic carbocycles. The Labute approximate surface area is 146 Å². The lowest BCUT2D eigenvalue weighted by Gasteiger charge is -2.13. The molecule has 0 aliphatic rings. The van der Waals surface area contributed by atoms with Gasteiger partial charge >= 0.3 is 0 Å². The van der Waals surface area contributed by atoms with Crippen molar-refractivity contribution in [1.29, 1.82) is 0 Å². The van der Waals surface area contributed by atoms with E-state index in [0.717, 1.165) is 6.26 Å². The Morgan fingerprint density at radius 2 is 1.92 bits per heavy atom. The van der Waals surface area contributed by atoms with Crippen LogP contribution in [0.5, 0.6) is 0 Å².